The van der Waals surface area contributed by atoms with E-state index in [0.29, 0.717) is 0 Å². The zero-order valence-corrected chi connectivity index (χ0v) is 5.74. The van der Waals surface area contributed by atoms with Crippen LogP contribution in [0.3, 0.4) is 0 Å². The zero-order valence-electron chi connectivity index (χ0n) is 5.74. The van der Waals surface area contributed by atoms with Crippen LogP contribution in [0, 0.1) is 0 Å². The quantitative estimate of drug-likeness (QED) is 0.460. The van der Waals surface area contributed by atoms with Gasteiger partial charge in [-0.3, -0.25) is 0 Å². The van der Waals surface area contributed by atoms with Crippen LogP contribution in [-0.2, 0) is 9.47 Å². The number of methoxy groups -OCH3 is 1. The van der Waals surface area contributed by atoms with Crippen LogP contribution >= 0.6 is 0 Å². The van der Waals surface area contributed by atoms with Crippen LogP contribution in [0.2, 0.25) is 0 Å². The van der Waals surface area contributed by atoms with Crippen molar-refractivity contribution in [1.82, 2.24) is 0 Å². The van der Waals surface area contributed by atoms with E-state index in [1.54, 1.807) is 0 Å². The SMILES string of the molecule is COC(=O)OC/C=C\CO. The van der Waals surface area contributed by atoms with E-state index in [4.69, 9.17) is 5.11 Å². The molecule has 10 heavy (non-hydrogen) atoms. The van der Waals surface area contributed by atoms with E-state index < -0.39 is 6.16 Å². The Bertz CT molecular complexity index is 119. The highest BCUT2D eigenvalue weighted by Crippen LogP contribution is 1.82. The summed E-state index contributed by atoms with van der Waals surface area (Å²) >= 11 is 0. The molecular formula is C6H10O4. The molecule has 0 aromatic rings. The maximum absolute atomic E-state index is 10.2. The van der Waals surface area contributed by atoms with Crippen LogP contribution in [-0.4, -0.2) is 31.6 Å². The van der Waals surface area contributed by atoms with E-state index in [-0.39, 0.29) is 13.2 Å². The van der Waals surface area contributed by atoms with Crippen LogP contribution in [0.25, 0.3) is 0 Å². The molecule has 0 aliphatic carbocycles. The summed E-state index contributed by atoms with van der Waals surface area (Å²) in [4.78, 5) is 10.2. The molecular weight excluding hydrogens is 136 g/mol. The predicted octanol–water partition coefficient (Wildman–Crippen LogP) is 0.318. The zero-order chi connectivity index (χ0) is 7.82. The topological polar surface area (TPSA) is 55.8 Å². The Balaban J connectivity index is 3.19. The molecule has 0 aliphatic rings. The van der Waals surface area contributed by atoms with Gasteiger partial charge in [-0.2, -0.15) is 0 Å². The number of carbonyl (C=O) groups is 1. The van der Waals surface area contributed by atoms with Gasteiger partial charge in [0.05, 0.1) is 13.7 Å². The average molecular weight is 146 g/mol. The Morgan fingerprint density at radius 3 is 2.80 bits per heavy atom. The Morgan fingerprint density at radius 2 is 2.30 bits per heavy atom. The third-order valence-electron chi connectivity index (χ3n) is 0.736. The monoisotopic (exact) mass is 146 g/mol. The minimum absolute atomic E-state index is 0.0511. The van der Waals surface area contributed by atoms with Crippen molar-refractivity contribution < 1.29 is 19.4 Å². The first-order chi connectivity index (χ1) is 4.81. The maximum Gasteiger partial charge on any atom is 0.508 e. The summed E-state index contributed by atoms with van der Waals surface area (Å²) in [7, 11) is 1.23. The summed E-state index contributed by atoms with van der Waals surface area (Å²) in [6, 6.07) is 0. The first-order valence-electron chi connectivity index (χ1n) is 2.78. The summed E-state index contributed by atoms with van der Waals surface area (Å²) in [6.45, 7) is 0.0811. The molecule has 4 nitrogen and oxygen atoms in total. The summed E-state index contributed by atoms with van der Waals surface area (Å²) in [5, 5.41) is 8.23. The Morgan fingerprint density at radius 1 is 1.60 bits per heavy atom. The van der Waals surface area contributed by atoms with Gasteiger partial charge in [-0.05, 0) is 6.08 Å². The number of hydrogen-bond donors (Lipinski definition) is 1. The van der Waals surface area contributed by atoms with Gasteiger partial charge in [0.2, 0.25) is 0 Å². The molecule has 0 aromatic heterocycles. The second-order valence-electron chi connectivity index (χ2n) is 1.42. The maximum atomic E-state index is 10.2. The molecule has 0 unspecified atom stereocenters. The van der Waals surface area contributed by atoms with Gasteiger partial charge in [-0.15, -0.1) is 0 Å². The molecule has 0 aliphatic heterocycles. The summed E-state index contributed by atoms with van der Waals surface area (Å²) in [6.07, 6.45) is 2.28. The summed E-state index contributed by atoms with van der Waals surface area (Å²) < 4.78 is 8.61. The number of aliphatic hydroxyl groups is 1. The summed E-state index contributed by atoms with van der Waals surface area (Å²) in [5.41, 5.74) is 0. The van der Waals surface area contributed by atoms with Gasteiger partial charge in [0, 0.05) is 0 Å². The number of ether oxygens (including phenoxy) is 2. The third kappa shape index (κ3) is 5.11. The molecule has 1 N–H and O–H groups in total. The highest BCUT2D eigenvalue weighted by atomic mass is 16.7. The predicted molar refractivity (Wildman–Crippen MR) is 34.6 cm³/mol. The van der Waals surface area contributed by atoms with Crippen molar-refractivity contribution in [1.29, 1.82) is 0 Å². The van der Waals surface area contributed by atoms with Gasteiger partial charge in [0.25, 0.3) is 0 Å². The number of aliphatic hydroxyl groups excluding tert-OH is 1. The molecule has 0 amide bonds. The van der Waals surface area contributed by atoms with Crippen molar-refractivity contribution in [3.63, 3.8) is 0 Å². The summed E-state index contributed by atoms with van der Waals surface area (Å²) in [5.74, 6) is 0. The second kappa shape index (κ2) is 6.10. The van der Waals surface area contributed by atoms with E-state index in [9.17, 15) is 4.79 Å². The molecule has 0 atom stereocenters. The normalized spacial score (nSPS) is 9.80. The van der Waals surface area contributed by atoms with Crippen LogP contribution in [0.1, 0.15) is 0 Å². The Kier molecular flexibility index (Phi) is 5.47. The molecule has 0 aromatic carbocycles. The first-order valence-corrected chi connectivity index (χ1v) is 2.78. The highest BCUT2D eigenvalue weighted by Gasteiger charge is 1.94. The first kappa shape index (κ1) is 8.97. The number of hydrogen-bond acceptors (Lipinski definition) is 4. The van der Waals surface area contributed by atoms with Crippen molar-refractivity contribution >= 4 is 6.16 Å². The minimum Gasteiger partial charge on any atom is -0.438 e. The fourth-order valence-electron chi connectivity index (χ4n) is 0.318. The van der Waals surface area contributed by atoms with E-state index in [0.717, 1.165) is 0 Å². The van der Waals surface area contributed by atoms with Crippen molar-refractivity contribution in [3.8, 4) is 0 Å². The van der Waals surface area contributed by atoms with E-state index in [2.05, 4.69) is 9.47 Å². The van der Waals surface area contributed by atoms with E-state index in [1.165, 1.54) is 19.3 Å². The molecule has 0 radical (unpaired) electrons. The lowest BCUT2D eigenvalue weighted by molar-refractivity contribution is 0.0817. The Hall–Kier alpha value is -1.03. The van der Waals surface area contributed by atoms with Crippen molar-refractivity contribution in [2.75, 3.05) is 20.3 Å². The number of carbonyl (C=O) groups excluding carboxylic acids is 1. The molecule has 0 fully saturated rings. The molecule has 0 heterocycles. The van der Waals surface area contributed by atoms with Gasteiger partial charge in [0.1, 0.15) is 6.61 Å². The van der Waals surface area contributed by atoms with Gasteiger partial charge in [-0.25, -0.2) is 4.79 Å². The standard InChI is InChI=1S/C6H10O4/c1-9-6(8)10-5-3-2-4-7/h2-3,7H,4-5H2,1H3/b3-2-. The van der Waals surface area contributed by atoms with Crippen LogP contribution in [0.4, 0.5) is 4.79 Å². The molecule has 4 heteroatoms. The lowest BCUT2D eigenvalue weighted by Crippen LogP contribution is -2.03. The van der Waals surface area contributed by atoms with Crippen molar-refractivity contribution in [2.24, 2.45) is 0 Å². The molecule has 0 saturated carbocycles. The van der Waals surface area contributed by atoms with Crippen LogP contribution in [0.5, 0.6) is 0 Å². The lowest BCUT2D eigenvalue weighted by atomic mass is 10.5. The lowest BCUT2D eigenvalue weighted by Gasteiger charge is -1.96. The molecule has 0 spiro atoms. The molecule has 58 valence electrons. The van der Waals surface area contributed by atoms with Crippen molar-refractivity contribution in [2.45, 2.75) is 0 Å². The molecule has 0 saturated heterocycles. The fraction of sp³-hybridized carbons (Fsp3) is 0.500. The fourth-order valence-corrected chi connectivity index (χ4v) is 0.318. The number of rotatable bonds is 3. The van der Waals surface area contributed by atoms with E-state index >= 15 is 0 Å². The largest absolute Gasteiger partial charge is 0.508 e. The van der Waals surface area contributed by atoms with Gasteiger partial charge in [-0.1, -0.05) is 6.08 Å². The highest BCUT2D eigenvalue weighted by molar-refractivity contribution is 5.59. The average Bonchev–Trinajstić information content (AvgIpc) is 1.98. The molecule has 0 rings (SSSR count). The smallest absolute Gasteiger partial charge is 0.438 e. The van der Waals surface area contributed by atoms with Gasteiger partial charge in [0.15, 0.2) is 0 Å². The van der Waals surface area contributed by atoms with Crippen LogP contribution < -0.4 is 0 Å². The van der Waals surface area contributed by atoms with Gasteiger partial charge >= 0.3 is 6.16 Å². The van der Waals surface area contributed by atoms with Gasteiger partial charge < -0.3 is 14.6 Å². The van der Waals surface area contributed by atoms with E-state index in [1.807, 2.05) is 0 Å². The van der Waals surface area contributed by atoms with Crippen LogP contribution in [0.15, 0.2) is 12.2 Å². The minimum atomic E-state index is -0.720. The second-order valence-corrected chi connectivity index (χ2v) is 1.42. The molecule has 0 bridgehead atoms. The van der Waals surface area contributed by atoms with Crippen molar-refractivity contribution in [3.05, 3.63) is 12.2 Å². The third-order valence-corrected chi connectivity index (χ3v) is 0.736. The Labute approximate surface area is 59.1 Å².